The number of aromatic nitrogens is 3. The number of fused-ring (bicyclic) bond motifs is 3. The van der Waals surface area contributed by atoms with E-state index in [1.807, 2.05) is 24.3 Å². The molecule has 0 fully saturated rings. The van der Waals surface area contributed by atoms with E-state index in [0.29, 0.717) is 18.7 Å². The van der Waals surface area contributed by atoms with E-state index in [4.69, 9.17) is 0 Å². The first-order valence-electron chi connectivity index (χ1n) is 7.57. The minimum atomic E-state index is -0.0201. The van der Waals surface area contributed by atoms with Crippen molar-refractivity contribution in [3.05, 3.63) is 60.9 Å². The number of hydrogen-bond donors (Lipinski definition) is 2. The lowest BCUT2D eigenvalue weighted by Gasteiger charge is -2.07. The maximum Gasteiger partial charge on any atom is 0.226 e. The zero-order valence-corrected chi connectivity index (χ0v) is 12.5. The Morgan fingerprint density at radius 3 is 2.30 bits per heavy atom. The first-order valence-corrected chi connectivity index (χ1v) is 7.57. The molecule has 5 nitrogen and oxygen atoms in total. The molecule has 0 aliphatic carbocycles. The molecule has 4 aromatic rings. The average molecular weight is 304 g/mol. The monoisotopic (exact) mass is 304 g/mol. The Bertz CT molecular complexity index is 916. The highest BCUT2D eigenvalue weighted by Crippen LogP contribution is 2.28. The predicted octanol–water partition coefficient (Wildman–Crippen LogP) is 3.55. The standard InChI is InChI=1S/C18H16N4O/c23-18(21-13-11-19-20-12-13)9-10-22-16-7-3-1-5-14(16)15-6-2-4-8-17(15)22/h1-8,11-12H,9-10H2,(H,19,20)(H,21,23). The van der Waals surface area contributed by atoms with Gasteiger partial charge in [-0.05, 0) is 12.1 Å². The van der Waals surface area contributed by atoms with Gasteiger partial charge in [0.15, 0.2) is 0 Å². The van der Waals surface area contributed by atoms with Crippen molar-refractivity contribution in [3.8, 4) is 0 Å². The van der Waals surface area contributed by atoms with E-state index in [1.54, 1.807) is 12.4 Å². The van der Waals surface area contributed by atoms with E-state index in [1.165, 1.54) is 10.8 Å². The second kappa shape index (κ2) is 5.61. The summed E-state index contributed by atoms with van der Waals surface area (Å²) in [5.41, 5.74) is 3.01. The number of anilines is 1. The zero-order chi connectivity index (χ0) is 15.6. The van der Waals surface area contributed by atoms with Gasteiger partial charge in [0.25, 0.3) is 0 Å². The molecule has 23 heavy (non-hydrogen) atoms. The lowest BCUT2D eigenvalue weighted by atomic mass is 10.2. The molecule has 0 bridgehead atoms. The molecule has 0 unspecified atom stereocenters. The van der Waals surface area contributed by atoms with Crippen molar-refractivity contribution in [2.24, 2.45) is 0 Å². The van der Waals surface area contributed by atoms with Gasteiger partial charge in [-0.1, -0.05) is 36.4 Å². The van der Waals surface area contributed by atoms with E-state index in [-0.39, 0.29) is 5.91 Å². The second-order valence-corrected chi connectivity index (χ2v) is 5.47. The van der Waals surface area contributed by atoms with Gasteiger partial charge in [0.1, 0.15) is 0 Å². The highest BCUT2D eigenvalue weighted by molar-refractivity contribution is 6.08. The van der Waals surface area contributed by atoms with Gasteiger partial charge in [-0.2, -0.15) is 5.10 Å². The smallest absolute Gasteiger partial charge is 0.226 e. The van der Waals surface area contributed by atoms with Gasteiger partial charge in [0, 0.05) is 41.0 Å². The summed E-state index contributed by atoms with van der Waals surface area (Å²) in [7, 11) is 0. The van der Waals surface area contributed by atoms with Crippen LogP contribution in [-0.2, 0) is 11.3 Å². The number of H-pyrrole nitrogens is 1. The summed E-state index contributed by atoms with van der Waals surface area (Å²) in [6, 6.07) is 16.6. The number of benzene rings is 2. The molecule has 114 valence electrons. The lowest BCUT2D eigenvalue weighted by molar-refractivity contribution is -0.116. The third kappa shape index (κ3) is 2.46. The van der Waals surface area contributed by atoms with Gasteiger partial charge in [0.05, 0.1) is 11.9 Å². The number of carbonyl (C=O) groups excluding carboxylic acids is 1. The molecule has 5 heteroatoms. The quantitative estimate of drug-likeness (QED) is 0.605. The number of amides is 1. The van der Waals surface area contributed by atoms with E-state index in [9.17, 15) is 4.79 Å². The third-order valence-electron chi connectivity index (χ3n) is 4.02. The Hall–Kier alpha value is -3.08. The van der Waals surface area contributed by atoms with Crippen LogP contribution >= 0.6 is 0 Å². The average Bonchev–Trinajstić information content (AvgIpc) is 3.19. The van der Waals surface area contributed by atoms with Crippen molar-refractivity contribution in [2.75, 3.05) is 5.32 Å². The molecule has 0 atom stereocenters. The Morgan fingerprint density at radius 1 is 1.04 bits per heavy atom. The maximum absolute atomic E-state index is 12.1. The molecule has 4 rings (SSSR count). The molecular formula is C18H16N4O. The Labute approximate surface area is 132 Å². The Kier molecular flexibility index (Phi) is 3.31. The number of carbonyl (C=O) groups is 1. The molecule has 0 radical (unpaired) electrons. The topological polar surface area (TPSA) is 62.7 Å². The number of para-hydroxylation sites is 2. The molecule has 2 aromatic heterocycles. The van der Waals surface area contributed by atoms with Gasteiger partial charge >= 0.3 is 0 Å². The van der Waals surface area contributed by atoms with Gasteiger partial charge in [0.2, 0.25) is 5.91 Å². The van der Waals surface area contributed by atoms with Gasteiger partial charge in [-0.3, -0.25) is 9.89 Å². The van der Waals surface area contributed by atoms with Crippen LogP contribution in [0.1, 0.15) is 6.42 Å². The first-order chi connectivity index (χ1) is 11.3. The van der Waals surface area contributed by atoms with E-state index < -0.39 is 0 Å². The molecule has 2 heterocycles. The number of nitrogens with zero attached hydrogens (tertiary/aromatic N) is 2. The fraction of sp³-hybridized carbons (Fsp3) is 0.111. The van der Waals surface area contributed by atoms with Crippen LogP contribution in [0.2, 0.25) is 0 Å². The maximum atomic E-state index is 12.1. The lowest BCUT2D eigenvalue weighted by Crippen LogP contribution is -2.14. The Morgan fingerprint density at radius 2 is 1.70 bits per heavy atom. The minimum absolute atomic E-state index is 0.0201. The van der Waals surface area contributed by atoms with Crippen molar-refractivity contribution < 1.29 is 4.79 Å². The van der Waals surface area contributed by atoms with E-state index >= 15 is 0 Å². The van der Waals surface area contributed by atoms with Crippen LogP contribution < -0.4 is 5.32 Å². The van der Waals surface area contributed by atoms with Crippen molar-refractivity contribution in [3.63, 3.8) is 0 Å². The summed E-state index contributed by atoms with van der Waals surface area (Å²) < 4.78 is 2.21. The van der Waals surface area contributed by atoms with Crippen LogP contribution in [0.5, 0.6) is 0 Å². The minimum Gasteiger partial charge on any atom is -0.340 e. The van der Waals surface area contributed by atoms with E-state index in [2.05, 4.69) is 44.3 Å². The highest BCUT2D eigenvalue weighted by atomic mass is 16.1. The van der Waals surface area contributed by atoms with Crippen LogP contribution in [0.15, 0.2) is 60.9 Å². The SMILES string of the molecule is O=C(CCn1c2ccccc2c2ccccc21)Nc1cn[nH]c1. The summed E-state index contributed by atoms with van der Waals surface area (Å²) in [5.74, 6) is -0.0201. The third-order valence-corrected chi connectivity index (χ3v) is 4.02. The van der Waals surface area contributed by atoms with Crippen LogP contribution in [0.25, 0.3) is 21.8 Å². The van der Waals surface area contributed by atoms with Gasteiger partial charge in [-0.15, -0.1) is 0 Å². The summed E-state index contributed by atoms with van der Waals surface area (Å²) in [6.45, 7) is 0.637. The molecule has 2 N–H and O–H groups in total. The molecule has 1 amide bonds. The summed E-state index contributed by atoms with van der Waals surface area (Å²) in [5, 5.41) is 11.8. The fourth-order valence-electron chi connectivity index (χ4n) is 3.00. The number of rotatable bonds is 4. The number of aromatic amines is 1. The largest absolute Gasteiger partial charge is 0.340 e. The highest BCUT2D eigenvalue weighted by Gasteiger charge is 2.11. The van der Waals surface area contributed by atoms with Crippen LogP contribution in [0, 0.1) is 0 Å². The molecule has 0 aliphatic heterocycles. The van der Waals surface area contributed by atoms with Gasteiger partial charge < -0.3 is 9.88 Å². The normalized spacial score (nSPS) is 11.1. The number of aryl methyl sites for hydroxylation is 1. The van der Waals surface area contributed by atoms with Crippen LogP contribution in [-0.4, -0.2) is 20.7 Å². The molecule has 0 saturated heterocycles. The number of nitrogens with one attached hydrogen (secondary N) is 2. The van der Waals surface area contributed by atoms with Gasteiger partial charge in [-0.25, -0.2) is 0 Å². The molecule has 0 saturated carbocycles. The summed E-state index contributed by atoms with van der Waals surface area (Å²) >= 11 is 0. The summed E-state index contributed by atoms with van der Waals surface area (Å²) in [6.07, 6.45) is 3.67. The van der Waals surface area contributed by atoms with Crippen molar-refractivity contribution in [2.45, 2.75) is 13.0 Å². The van der Waals surface area contributed by atoms with Crippen molar-refractivity contribution in [1.82, 2.24) is 14.8 Å². The van der Waals surface area contributed by atoms with Crippen molar-refractivity contribution >= 4 is 33.4 Å². The van der Waals surface area contributed by atoms with Crippen LogP contribution in [0.3, 0.4) is 0 Å². The second-order valence-electron chi connectivity index (χ2n) is 5.47. The molecule has 0 aliphatic rings. The van der Waals surface area contributed by atoms with Crippen LogP contribution in [0.4, 0.5) is 5.69 Å². The Balaban J connectivity index is 1.64. The zero-order valence-electron chi connectivity index (χ0n) is 12.5. The summed E-state index contributed by atoms with van der Waals surface area (Å²) in [4.78, 5) is 12.1. The number of hydrogen-bond acceptors (Lipinski definition) is 2. The predicted molar refractivity (Wildman–Crippen MR) is 91.3 cm³/mol. The van der Waals surface area contributed by atoms with E-state index in [0.717, 1.165) is 11.0 Å². The fourth-order valence-corrected chi connectivity index (χ4v) is 3.00. The first kappa shape index (κ1) is 13.6. The molecule has 0 spiro atoms. The van der Waals surface area contributed by atoms with Crippen molar-refractivity contribution in [1.29, 1.82) is 0 Å². The molecule has 2 aromatic carbocycles. The molecular weight excluding hydrogens is 288 g/mol.